The molecule has 0 bridgehead atoms. The lowest BCUT2D eigenvalue weighted by molar-refractivity contribution is 0.469. The van der Waals surface area contributed by atoms with Crippen molar-refractivity contribution in [3.63, 3.8) is 0 Å². The number of amidine groups is 5. The molecule has 570 valence electrons. The summed E-state index contributed by atoms with van der Waals surface area (Å²) in [6.45, 7) is 29.3. The highest BCUT2D eigenvalue weighted by atomic mass is 32.1. The quantitative estimate of drug-likeness (QED) is 0.0281. The van der Waals surface area contributed by atoms with Crippen molar-refractivity contribution in [2.24, 2.45) is 25.0 Å². The van der Waals surface area contributed by atoms with E-state index in [1.165, 1.54) is 0 Å². The number of hydrogen-bond acceptors (Lipinski definition) is 5. The first kappa shape index (κ1) is 87.9. The van der Waals surface area contributed by atoms with Gasteiger partial charge in [0.2, 0.25) is 0 Å². The molecule has 0 atom stereocenters. The molecule has 0 amide bonds. The largest absolute Gasteiger partial charge is 0.348 e. The number of para-hydroxylation sites is 5. The fraction of sp³-hybridized carbons (Fsp3) is 0.222. The van der Waals surface area contributed by atoms with Crippen LogP contribution in [0.15, 0.2) is 328 Å². The standard InChI is InChI=1S/5C18H21N3S/c5*1-3-21(4-2)18(22)20-17(15-11-7-5-8-12-15)19-16-13-9-6-10-14-16/h5*5-14H,3-4H2,1-2H3,(H,19,20,22). The van der Waals surface area contributed by atoms with Gasteiger partial charge < -0.3 is 51.1 Å². The topological polar surface area (TPSA) is 138 Å². The van der Waals surface area contributed by atoms with Crippen LogP contribution in [0.1, 0.15) is 97.1 Å². The summed E-state index contributed by atoms with van der Waals surface area (Å²) in [4.78, 5) is 33.5. The summed E-state index contributed by atoms with van der Waals surface area (Å²) in [5, 5.41) is 19.8. The van der Waals surface area contributed by atoms with Crippen molar-refractivity contribution in [3.05, 3.63) is 331 Å². The number of benzene rings is 10. The van der Waals surface area contributed by atoms with Crippen LogP contribution in [0.4, 0.5) is 28.4 Å². The molecule has 0 aliphatic carbocycles. The second-order valence-electron chi connectivity index (χ2n) is 23.9. The third-order valence-corrected chi connectivity index (χ3v) is 18.4. The fourth-order valence-electron chi connectivity index (χ4n) is 10.4. The van der Waals surface area contributed by atoms with Crippen molar-refractivity contribution in [3.8, 4) is 0 Å². The first-order chi connectivity index (χ1) is 53.7. The van der Waals surface area contributed by atoms with Crippen LogP contribution in [0.3, 0.4) is 0 Å². The zero-order valence-corrected chi connectivity index (χ0v) is 69.0. The van der Waals surface area contributed by atoms with Crippen LogP contribution in [0, 0.1) is 0 Å². The minimum Gasteiger partial charge on any atom is -0.348 e. The molecule has 0 radical (unpaired) electrons. The Bertz CT molecular complexity index is 3760. The average Bonchev–Trinajstić information content (AvgIpc) is 0.884. The Kier molecular flexibility index (Phi) is 41.0. The number of nitrogens with one attached hydrogen (secondary N) is 5. The minimum absolute atomic E-state index is 0.604. The van der Waals surface area contributed by atoms with E-state index in [1.807, 2.05) is 303 Å². The first-order valence-electron chi connectivity index (χ1n) is 37.5. The molecule has 0 heterocycles. The van der Waals surface area contributed by atoms with Crippen LogP contribution in [0.5, 0.6) is 0 Å². The normalized spacial score (nSPS) is 11.1. The maximum Gasteiger partial charge on any atom is 0.197 e. The van der Waals surface area contributed by atoms with Gasteiger partial charge in [0.15, 0.2) is 25.6 Å². The maximum absolute atomic E-state index is 5.46. The van der Waals surface area contributed by atoms with Gasteiger partial charge in [-0.05, 0) is 191 Å². The molecular formula is C90H105N15S5. The number of aliphatic imine (C=N–C) groups is 5. The molecule has 0 saturated heterocycles. The lowest BCUT2D eigenvalue weighted by Gasteiger charge is -2.19. The fourth-order valence-corrected chi connectivity index (χ4v) is 12.1. The average molecular weight is 1560 g/mol. The maximum atomic E-state index is 5.46. The molecule has 5 N–H and O–H groups in total. The van der Waals surface area contributed by atoms with Crippen molar-refractivity contribution in [1.29, 1.82) is 0 Å². The van der Waals surface area contributed by atoms with Crippen LogP contribution >= 0.6 is 61.1 Å². The van der Waals surface area contributed by atoms with E-state index in [0.29, 0.717) is 25.6 Å². The second kappa shape index (κ2) is 51.4. The Morgan fingerprint density at radius 2 is 0.300 bits per heavy atom. The molecule has 0 saturated carbocycles. The highest BCUT2D eigenvalue weighted by molar-refractivity contribution is 7.81. The number of thiocarbonyl (C=S) groups is 5. The first-order valence-corrected chi connectivity index (χ1v) is 39.5. The van der Waals surface area contributed by atoms with Crippen LogP contribution in [-0.4, -0.2) is 145 Å². The summed E-state index contributed by atoms with van der Waals surface area (Å²) in [7, 11) is 0. The third kappa shape index (κ3) is 31.3. The lowest BCUT2D eigenvalue weighted by atomic mass is 10.2. The number of rotatable bonds is 20. The van der Waals surface area contributed by atoms with Crippen LogP contribution in [0.25, 0.3) is 0 Å². The van der Waals surface area contributed by atoms with Gasteiger partial charge in [-0.25, -0.2) is 25.0 Å². The third-order valence-electron chi connectivity index (χ3n) is 16.6. The van der Waals surface area contributed by atoms with E-state index >= 15 is 0 Å². The molecule has 10 aromatic carbocycles. The van der Waals surface area contributed by atoms with Gasteiger partial charge in [-0.1, -0.05) is 243 Å². The number of nitrogens with zero attached hydrogens (tertiary/aromatic N) is 10. The molecule has 0 aliphatic heterocycles. The molecule has 0 unspecified atom stereocenters. The molecule has 0 fully saturated rings. The minimum atomic E-state index is 0.604. The van der Waals surface area contributed by atoms with Crippen molar-refractivity contribution in [2.75, 3.05) is 92.0 Å². The smallest absolute Gasteiger partial charge is 0.197 e. The summed E-state index contributed by atoms with van der Waals surface area (Å²) in [6, 6.07) is 100. The SMILES string of the molecule is CCN(CC)C(=S)/N=C(/Nc1ccccc1)c1ccccc1.CCN(CC)C(=S)/N=C(/Nc1ccccc1)c1ccccc1.CCN(CC)C(=S)/N=C(/Nc1ccccc1)c1ccccc1.CCN(CC)C(=S)/N=C(/Nc1ccccc1)c1ccccc1.CCN(CC)C(=S)/N=C(/Nc1ccccc1)c1ccccc1. The summed E-state index contributed by atoms with van der Waals surface area (Å²) in [5.74, 6) is 3.84. The van der Waals surface area contributed by atoms with E-state index in [1.54, 1.807) is 0 Å². The molecule has 0 aliphatic rings. The molecule has 10 rings (SSSR count). The van der Waals surface area contributed by atoms with E-state index in [0.717, 1.165) is 151 Å². The molecular weight excluding hydrogens is 1450 g/mol. The second-order valence-corrected chi connectivity index (χ2v) is 25.7. The van der Waals surface area contributed by atoms with E-state index in [4.69, 9.17) is 61.1 Å². The Morgan fingerprint density at radius 1 is 0.191 bits per heavy atom. The monoisotopic (exact) mass is 1560 g/mol. The molecule has 15 nitrogen and oxygen atoms in total. The van der Waals surface area contributed by atoms with Gasteiger partial charge in [0.1, 0.15) is 29.2 Å². The van der Waals surface area contributed by atoms with Gasteiger partial charge in [-0.3, -0.25) is 0 Å². The van der Waals surface area contributed by atoms with Gasteiger partial charge in [0.05, 0.1) is 0 Å². The number of hydrogen-bond donors (Lipinski definition) is 5. The van der Waals surface area contributed by atoms with Crippen LogP contribution in [-0.2, 0) is 0 Å². The molecule has 0 spiro atoms. The molecule has 20 heteroatoms. The predicted molar refractivity (Wildman–Crippen MR) is 493 cm³/mol. The van der Waals surface area contributed by atoms with E-state index < -0.39 is 0 Å². The Balaban J connectivity index is 0.000000215. The Hall–Kier alpha value is -11.0. The van der Waals surface area contributed by atoms with E-state index in [-0.39, 0.29) is 0 Å². The predicted octanol–water partition coefficient (Wildman–Crippen LogP) is 20.9. The van der Waals surface area contributed by atoms with Crippen molar-refractivity contribution in [1.82, 2.24) is 24.5 Å². The Morgan fingerprint density at radius 3 is 0.409 bits per heavy atom. The summed E-state index contributed by atoms with van der Waals surface area (Å²) in [6.07, 6.45) is 0. The van der Waals surface area contributed by atoms with Crippen molar-refractivity contribution < 1.29 is 0 Å². The lowest BCUT2D eigenvalue weighted by Crippen LogP contribution is -2.29. The zero-order valence-electron chi connectivity index (χ0n) is 65.0. The van der Waals surface area contributed by atoms with Crippen molar-refractivity contribution >= 4 is 144 Å². The van der Waals surface area contributed by atoms with Gasteiger partial charge in [-0.15, -0.1) is 0 Å². The van der Waals surface area contributed by atoms with Gasteiger partial charge >= 0.3 is 0 Å². The Labute approximate surface area is 681 Å². The van der Waals surface area contributed by atoms with Crippen LogP contribution in [0.2, 0.25) is 0 Å². The van der Waals surface area contributed by atoms with Crippen LogP contribution < -0.4 is 26.6 Å². The van der Waals surface area contributed by atoms with Crippen molar-refractivity contribution in [2.45, 2.75) is 69.2 Å². The van der Waals surface area contributed by atoms with Gasteiger partial charge in [-0.2, -0.15) is 0 Å². The summed E-state index contributed by atoms with van der Waals surface area (Å²) < 4.78 is 0. The number of anilines is 5. The van der Waals surface area contributed by atoms with Gasteiger partial charge in [0.25, 0.3) is 0 Å². The highest BCUT2D eigenvalue weighted by Crippen LogP contribution is 2.17. The summed E-state index contributed by atoms with van der Waals surface area (Å²) in [5.41, 5.74) is 10.0. The molecule has 0 aromatic heterocycles. The zero-order chi connectivity index (χ0) is 78.9. The van der Waals surface area contributed by atoms with E-state index in [2.05, 4.69) is 145 Å². The van der Waals surface area contributed by atoms with Gasteiger partial charge in [0, 0.05) is 122 Å². The highest BCUT2D eigenvalue weighted by Gasteiger charge is 2.15. The summed E-state index contributed by atoms with van der Waals surface area (Å²) >= 11 is 27.3. The van der Waals surface area contributed by atoms with E-state index in [9.17, 15) is 0 Å². The molecule has 110 heavy (non-hydrogen) atoms. The molecule has 10 aromatic rings.